The first-order valence-electron chi connectivity index (χ1n) is 4.55. The van der Waals surface area contributed by atoms with Crippen molar-refractivity contribution in [3.05, 3.63) is 24.2 Å². The standard InChI is InChI=1S/C9H12N6O2/c1-11-14-8(10)15(12-2)9(16)13-6-7-4-3-5-17-7/h3-5H,1-2,6H2,(H2,10,14)(H,13,16). The highest BCUT2D eigenvalue weighted by Crippen LogP contribution is 1.99. The normalized spacial score (nSPS) is 10.7. The van der Waals surface area contributed by atoms with E-state index in [9.17, 15) is 4.79 Å². The summed E-state index contributed by atoms with van der Waals surface area (Å²) >= 11 is 0. The summed E-state index contributed by atoms with van der Waals surface area (Å²) in [6.07, 6.45) is 1.50. The Morgan fingerprint density at radius 1 is 1.59 bits per heavy atom. The first-order chi connectivity index (χ1) is 8.19. The molecule has 1 aromatic rings. The van der Waals surface area contributed by atoms with Crippen LogP contribution in [0.5, 0.6) is 0 Å². The molecule has 2 amide bonds. The largest absolute Gasteiger partial charge is 0.467 e. The molecule has 17 heavy (non-hydrogen) atoms. The van der Waals surface area contributed by atoms with E-state index >= 15 is 0 Å². The summed E-state index contributed by atoms with van der Waals surface area (Å²) in [5, 5.41) is 13.2. The molecule has 8 heteroatoms. The van der Waals surface area contributed by atoms with E-state index in [4.69, 9.17) is 10.2 Å². The van der Waals surface area contributed by atoms with Crippen LogP contribution < -0.4 is 11.1 Å². The number of rotatable bonds is 4. The van der Waals surface area contributed by atoms with Crippen LogP contribution in [0.25, 0.3) is 0 Å². The molecule has 1 heterocycles. The van der Waals surface area contributed by atoms with Gasteiger partial charge in [-0.15, -0.1) is 10.1 Å². The van der Waals surface area contributed by atoms with Gasteiger partial charge in [0.1, 0.15) is 5.76 Å². The number of hydrazone groups is 1. The molecule has 1 aromatic heterocycles. The van der Waals surface area contributed by atoms with Gasteiger partial charge in [-0.25, -0.2) is 4.79 Å². The molecule has 0 aliphatic carbocycles. The SMILES string of the molecule is C=N/N=C(\N)N(N=C)C(=O)NCc1ccco1. The number of amides is 2. The highest BCUT2D eigenvalue weighted by molar-refractivity contribution is 5.95. The number of hydrogen-bond acceptors (Lipinski definition) is 5. The van der Waals surface area contributed by atoms with Gasteiger partial charge in [-0.1, -0.05) is 0 Å². The smallest absolute Gasteiger partial charge is 0.345 e. The van der Waals surface area contributed by atoms with E-state index in [1.54, 1.807) is 12.1 Å². The number of guanidine groups is 1. The number of urea groups is 1. The average Bonchev–Trinajstić information content (AvgIpc) is 2.80. The molecule has 1 rings (SSSR count). The molecule has 90 valence electrons. The van der Waals surface area contributed by atoms with Gasteiger partial charge in [-0.05, 0) is 12.1 Å². The zero-order valence-corrected chi connectivity index (χ0v) is 9.04. The Kier molecular flexibility index (Phi) is 4.43. The number of furan rings is 1. The van der Waals surface area contributed by atoms with E-state index in [1.165, 1.54) is 6.26 Å². The highest BCUT2D eigenvalue weighted by atomic mass is 16.3. The number of nitrogens with zero attached hydrogens (tertiary/aromatic N) is 4. The van der Waals surface area contributed by atoms with Gasteiger partial charge >= 0.3 is 6.03 Å². The minimum atomic E-state index is -0.596. The number of carbonyl (C=O) groups is 1. The van der Waals surface area contributed by atoms with Gasteiger partial charge in [0.05, 0.1) is 12.8 Å². The fourth-order valence-electron chi connectivity index (χ4n) is 1.01. The lowest BCUT2D eigenvalue weighted by Gasteiger charge is -2.14. The lowest BCUT2D eigenvalue weighted by Crippen LogP contribution is -2.43. The summed E-state index contributed by atoms with van der Waals surface area (Å²) in [4.78, 5) is 11.6. The molecular weight excluding hydrogens is 224 g/mol. The van der Waals surface area contributed by atoms with E-state index in [1.807, 2.05) is 0 Å². The molecule has 0 radical (unpaired) electrons. The first-order valence-corrected chi connectivity index (χ1v) is 4.55. The molecule has 0 unspecified atom stereocenters. The van der Waals surface area contributed by atoms with Gasteiger partial charge in [0.25, 0.3) is 0 Å². The summed E-state index contributed by atoms with van der Waals surface area (Å²) in [5.74, 6) is 0.367. The predicted molar refractivity (Wildman–Crippen MR) is 63.5 cm³/mol. The number of carbonyl (C=O) groups excluding carboxylic acids is 1. The number of hydrogen-bond donors (Lipinski definition) is 2. The number of nitrogens with one attached hydrogen (secondary N) is 1. The van der Waals surface area contributed by atoms with Crippen LogP contribution in [0.1, 0.15) is 5.76 Å². The Labute approximate surface area is 97.5 Å². The van der Waals surface area contributed by atoms with Gasteiger partial charge in [0.15, 0.2) is 0 Å². The predicted octanol–water partition coefficient (Wildman–Crippen LogP) is 0.337. The third-order valence-electron chi connectivity index (χ3n) is 1.72. The zero-order valence-electron chi connectivity index (χ0n) is 9.04. The van der Waals surface area contributed by atoms with Crippen LogP contribution in [0.3, 0.4) is 0 Å². The second kappa shape index (κ2) is 6.05. The molecule has 3 N–H and O–H groups in total. The third kappa shape index (κ3) is 3.45. The Bertz CT molecular complexity index is 425. The van der Waals surface area contributed by atoms with E-state index in [-0.39, 0.29) is 12.5 Å². The van der Waals surface area contributed by atoms with Gasteiger partial charge < -0.3 is 15.5 Å². The van der Waals surface area contributed by atoms with Crippen molar-refractivity contribution in [2.75, 3.05) is 0 Å². The van der Waals surface area contributed by atoms with Crippen LogP contribution in [0.4, 0.5) is 4.79 Å². The van der Waals surface area contributed by atoms with Gasteiger partial charge in [0, 0.05) is 13.4 Å². The average molecular weight is 236 g/mol. The van der Waals surface area contributed by atoms with Crippen molar-refractivity contribution in [1.82, 2.24) is 10.3 Å². The summed E-state index contributed by atoms with van der Waals surface area (Å²) in [6.45, 7) is 6.51. The van der Waals surface area contributed by atoms with E-state index in [2.05, 4.69) is 34.1 Å². The van der Waals surface area contributed by atoms with Crippen LogP contribution in [-0.4, -0.2) is 30.4 Å². The molecule has 0 atom stereocenters. The molecule has 0 bridgehead atoms. The van der Waals surface area contributed by atoms with Crippen molar-refractivity contribution in [2.45, 2.75) is 6.54 Å². The van der Waals surface area contributed by atoms with Gasteiger partial charge in [0.2, 0.25) is 5.96 Å². The maximum Gasteiger partial charge on any atom is 0.345 e. The Hall–Kier alpha value is -2.64. The molecule has 0 saturated carbocycles. The molecule has 0 spiro atoms. The first kappa shape index (κ1) is 12.4. The Morgan fingerprint density at radius 2 is 2.35 bits per heavy atom. The monoisotopic (exact) mass is 236 g/mol. The van der Waals surface area contributed by atoms with Crippen molar-refractivity contribution in [1.29, 1.82) is 0 Å². The second-order valence-electron chi connectivity index (χ2n) is 2.79. The van der Waals surface area contributed by atoms with Crippen molar-refractivity contribution in [3.8, 4) is 0 Å². The van der Waals surface area contributed by atoms with E-state index in [0.29, 0.717) is 5.76 Å². The van der Waals surface area contributed by atoms with Crippen LogP contribution in [0, 0.1) is 0 Å². The molecule has 0 aliphatic heterocycles. The highest BCUT2D eigenvalue weighted by Gasteiger charge is 2.15. The maximum atomic E-state index is 11.6. The Balaban J connectivity index is 2.58. The topological polar surface area (TPSA) is 109 Å². The van der Waals surface area contributed by atoms with Gasteiger partial charge in [-0.3, -0.25) is 0 Å². The van der Waals surface area contributed by atoms with Crippen LogP contribution in [0.15, 0.2) is 38.1 Å². The fraction of sp³-hybridized carbons (Fsp3) is 0.111. The quantitative estimate of drug-likeness (QED) is 0.446. The summed E-state index contributed by atoms with van der Waals surface area (Å²) < 4.78 is 5.04. The van der Waals surface area contributed by atoms with Crippen LogP contribution in [-0.2, 0) is 6.54 Å². The van der Waals surface area contributed by atoms with E-state index in [0.717, 1.165) is 5.01 Å². The van der Waals surface area contributed by atoms with Crippen LogP contribution >= 0.6 is 0 Å². The maximum absolute atomic E-state index is 11.6. The molecule has 8 nitrogen and oxygen atoms in total. The minimum Gasteiger partial charge on any atom is -0.467 e. The molecule has 0 aromatic carbocycles. The summed E-state index contributed by atoms with van der Waals surface area (Å²) in [6, 6.07) is 2.83. The minimum absolute atomic E-state index is 0.201. The summed E-state index contributed by atoms with van der Waals surface area (Å²) in [5.41, 5.74) is 5.41. The van der Waals surface area contributed by atoms with Crippen molar-refractivity contribution in [2.24, 2.45) is 21.0 Å². The second-order valence-corrected chi connectivity index (χ2v) is 2.79. The molecule has 0 saturated heterocycles. The van der Waals surface area contributed by atoms with Crippen molar-refractivity contribution in [3.63, 3.8) is 0 Å². The zero-order chi connectivity index (χ0) is 12.7. The lowest BCUT2D eigenvalue weighted by atomic mass is 10.4. The third-order valence-corrected chi connectivity index (χ3v) is 1.72. The van der Waals surface area contributed by atoms with Gasteiger partial charge in [-0.2, -0.15) is 10.2 Å². The van der Waals surface area contributed by atoms with E-state index < -0.39 is 6.03 Å². The summed E-state index contributed by atoms with van der Waals surface area (Å²) in [7, 11) is 0. The lowest BCUT2D eigenvalue weighted by molar-refractivity contribution is 0.220. The number of nitrogens with two attached hydrogens (primary N) is 1. The fourth-order valence-corrected chi connectivity index (χ4v) is 1.01. The molecule has 0 fully saturated rings. The van der Waals surface area contributed by atoms with Crippen molar-refractivity contribution < 1.29 is 9.21 Å². The van der Waals surface area contributed by atoms with Crippen molar-refractivity contribution >= 4 is 25.4 Å². The van der Waals surface area contributed by atoms with Crippen LogP contribution in [0.2, 0.25) is 0 Å². The Morgan fingerprint density at radius 3 is 2.88 bits per heavy atom. The molecule has 0 aliphatic rings. The molecular formula is C9H12N6O2.